The molecule has 0 bridgehead atoms. The molecule has 0 amide bonds. The van der Waals surface area contributed by atoms with Gasteiger partial charge in [-0.25, -0.2) is 0 Å². The molecular weight excluding hydrogens is 357 g/mol. The average molecular weight is 371 g/mol. The molecule has 1 heterocycles. The Morgan fingerprint density at radius 1 is 1.53 bits per heavy atom. The van der Waals surface area contributed by atoms with Crippen molar-refractivity contribution in [1.82, 2.24) is 5.32 Å². The summed E-state index contributed by atoms with van der Waals surface area (Å²) in [6, 6.07) is 5.06. The monoisotopic (exact) mass is 369 g/mol. The first kappa shape index (κ1) is 16.6. The van der Waals surface area contributed by atoms with E-state index in [0.29, 0.717) is 18.0 Å². The summed E-state index contributed by atoms with van der Waals surface area (Å²) in [5.74, 6) is 0.466. The lowest BCUT2D eigenvalue weighted by atomic mass is 10.2. The number of rotatable bonds is 3. The first-order valence-electron chi connectivity index (χ1n) is 5.53. The van der Waals surface area contributed by atoms with Crippen LogP contribution in [0.2, 0.25) is 5.02 Å². The Bertz CT molecular complexity index is 459. The quantitative estimate of drug-likeness (QED) is 0.831. The Labute approximate surface area is 131 Å². The number of carbonyl (C=O) groups is 1. The van der Waals surface area contributed by atoms with Gasteiger partial charge in [0, 0.05) is 18.0 Å². The Morgan fingerprint density at radius 3 is 2.89 bits per heavy atom. The van der Waals surface area contributed by atoms with Crippen molar-refractivity contribution in [2.75, 3.05) is 13.7 Å². The molecule has 0 radical (unpaired) electrons. The maximum Gasteiger partial charge on any atom is 0.323 e. The molecule has 0 aliphatic carbocycles. The summed E-state index contributed by atoms with van der Waals surface area (Å²) in [5.41, 5.74) is 0. The van der Waals surface area contributed by atoms with Crippen LogP contribution >= 0.6 is 39.9 Å². The van der Waals surface area contributed by atoms with Gasteiger partial charge in [-0.05, 0) is 34.1 Å². The Hall–Kier alpha value is -0.490. The summed E-state index contributed by atoms with van der Waals surface area (Å²) >= 11 is 9.25. The van der Waals surface area contributed by atoms with E-state index >= 15 is 0 Å². The first-order chi connectivity index (χ1) is 8.60. The number of methoxy groups -OCH3 is 1. The van der Waals surface area contributed by atoms with Gasteiger partial charge in [0.2, 0.25) is 0 Å². The van der Waals surface area contributed by atoms with Crippen LogP contribution in [-0.4, -0.2) is 31.8 Å². The predicted molar refractivity (Wildman–Crippen MR) is 79.2 cm³/mol. The van der Waals surface area contributed by atoms with E-state index in [1.54, 1.807) is 18.2 Å². The highest BCUT2D eigenvalue weighted by molar-refractivity contribution is 9.10. The topological polar surface area (TPSA) is 47.6 Å². The molecular formula is C12H14BrCl2NO3. The SMILES string of the molecule is COC(=O)C1CC(Oc2ccc(Cl)cc2Br)CN1.Cl. The standard InChI is InChI=1S/C12H13BrClNO3.ClH/c1-17-12(16)10-5-8(6-15-10)18-11-3-2-7(14)4-9(11)13;/h2-4,8,10,15H,5-6H2,1H3;1H. The van der Waals surface area contributed by atoms with Gasteiger partial charge < -0.3 is 14.8 Å². The first-order valence-corrected chi connectivity index (χ1v) is 6.70. The van der Waals surface area contributed by atoms with Gasteiger partial charge in [0.15, 0.2) is 0 Å². The lowest BCUT2D eigenvalue weighted by molar-refractivity contribution is -0.142. The van der Waals surface area contributed by atoms with E-state index in [2.05, 4.69) is 26.0 Å². The zero-order chi connectivity index (χ0) is 13.1. The number of hydrogen-bond acceptors (Lipinski definition) is 4. The number of ether oxygens (including phenoxy) is 2. The lowest BCUT2D eigenvalue weighted by Crippen LogP contribution is -2.31. The molecule has 1 aliphatic rings. The van der Waals surface area contributed by atoms with Gasteiger partial charge in [0.25, 0.3) is 0 Å². The summed E-state index contributed by atoms with van der Waals surface area (Å²) < 4.78 is 11.3. The number of nitrogens with one attached hydrogen (secondary N) is 1. The van der Waals surface area contributed by atoms with Crippen LogP contribution in [0, 0.1) is 0 Å². The number of esters is 1. The number of carbonyl (C=O) groups excluding carboxylic acids is 1. The third-order valence-corrected chi connectivity index (χ3v) is 3.62. The number of halogens is 3. The molecule has 0 spiro atoms. The van der Waals surface area contributed by atoms with Crippen LogP contribution in [-0.2, 0) is 9.53 Å². The van der Waals surface area contributed by atoms with Gasteiger partial charge >= 0.3 is 5.97 Å². The number of hydrogen-bond donors (Lipinski definition) is 1. The molecule has 1 aromatic carbocycles. The molecule has 19 heavy (non-hydrogen) atoms. The third-order valence-electron chi connectivity index (χ3n) is 2.76. The van der Waals surface area contributed by atoms with Gasteiger partial charge in [0.05, 0.1) is 11.6 Å². The minimum absolute atomic E-state index is 0. The van der Waals surface area contributed by atoms with E-state index in [1.165, 1.54) is 7.11 Å². The molecule has 1 aromatic rings. The van der Waals surface area contributed by atoms with Crippen molar-refractivity contribution in [2.24, 2.45) is 0 Å². The maximum absolute atomic E-state index is 11.4. The molecule has 2 atom stereocenters. The predicted octanol–water partition coefficient (Wildman–Crippen LogP) is 2.81. The highest BCUT2D eigenvalue weighted by atomic mass is 79.9. The van der Waals surface area contributed by atoms with Crippen LogP contribution in [0.1, 0.15) is 6.42 Å². The summed E-state index contributed by atoms with van der Waals surface area (Å²) in [6.07, 6.45) is 0.549. The van der Waals surface area contributed by atoms with Crippen molar-refractivity contribution in [3.8, 4) is 5.75 Å². The average Bonchev–Trinajstić information content (AvgIpc) is 2.80. The molecule has 106 valence electrons. The fraction of sp³-hybridized carbons (Fsp3) is 0.417. The van der Waals surface area contributed by atoms with Crippen LogP contribution in [0.25, 0.3) is 0 Å². The summed E-state index contributed by atoms with van der Waals surface area (Å²) in [4.78, 5) is 11.4. The zero-order valence-electron chi connectivity index (χ0n) is 10.2. The minimum atomic E-state index is -0.286. The van der Waals surface area contributed by atoms with E-state index in [4.69, 9.17) is 16.3 Å². The van der Waals surface area contributed by atoms with E-state index in [1.807, 2.05) is 0 Å². The van der Waals surface area contributed by atoms with Gasteiger partial charge in [-0.1, -0.05) is 11.6 Å². The Kier molecular flexibility index (Phi) is 6.39. The Morgan fingerprint density at radius 2 is 2.26 bits per heavy atom. The molecule has 7 heteroatoms. The molecule has 1 fully saturated rings. The lowest BCUT2D eigenvalue weighted by Gasteiger charge is -2.14. The van der Waals surface area contributed by atoms with Crippen molar-refractivity contribution in [1.29, 1.82) is 0 Å². The fourth-order valence-electron chi connectivity index (χ4n) is 1.87. The summed E-state index contributed by atoms with van der Waals surface area (Å²) in [7, 11) is 1.38. The smallest absolute Gasteiger partial charge is 0.323 e. The summed E-state index contributed by atoms with van der Waals surface area (Å²) in [5, 5.41) is 3.71. The summed E-state index contributed by atoms with van der Waals surface area (Å²) in [6.45, 7) is 0.620. The van der Waals surface area contributed by atoms with E-state index < -0.39 is 0 Å². The van der Waals surface area contributed by atoms with Crippen molar-refractivity contribution in [3.05, 3.63) is 27.7 Å². The second kappa shape index (κ2) is 7.33. The molecule has 0 aromatic heterocycles. The Balaban J connectivity index is 0.00000180. The third kappa shape index (κ3) is 4.24. The van der Waals surface area contributed by atoms with Gasteiger partial charge in [-0.15, -0.1) is 12.4 Å². The van der Waals surface area contributed by atoms with Crippen LogP contribution in [0.4, 0.5) is 0 Å². The van der Waals surface area contributed by atoms with E-state index in [0.717, 1.165) is 10.2 Å². The van der Waals surface area contributed by atoms with Crippen molar-refractivity contribution >= 4 is 45.9 Å². The minimum Gasteiger partial charge on any atom is -0.488 e. The van der Waals surface area contributed by atoms with Crippen molar-refractivity contribution in [3.63, 3.8) is 0 Å². The number of benzene rings is 1. The van der Waals surface area contributed by atoms with Gasteiger partial charge in [-0.2, -0.15) is 0 Å². The normalized spacial score (nSPS) is 21.6. The van der Waals surface area contributed by atoms with Gasteiger partial charge in [0.1, 0.15) is 17.9 Å². The second-order valence-corrected chi connectivity index (χ2v) is 5.33. The highest BCUT2D eigenvalue weighted by Gasteiger charge is 2.31. The fourth-order valence-corrected chi connectivity index (χ4v) is 2.64. The molecule has 0 saturated carbocycles. The zero-order valence-corrected chi connectivity index (χ0v) is 13.3. The maximum atomic E-state index is 11.4. The molecule has 4 nitrogen and oxygen atoms in total. The molecule has 1 N–H and O–H groups in total. The molecule has 2 rings (SSSR count). The van der Waals surface area contributed by atoms with Crippen molar-refractivity contribution in [2.45, 2.75) is 18.6 Å². The van der Waals surface area contributed by atoms with Crippen LogP contribution in [0.5, 0.6) is 5.75 Å². The largest absolute Gasteiger partial charge is 0.488 e. The van der Waals surface area contributed by atoms with E-state index in [-0.39, 0.29) is 30.5 Å². The van der Waals surface area contributed by atoms with E-state index in [9.17, 15) is 4.79 Å². The second-order valence-electron chi connectivity index (χ2n) is 4.03. The van der Waals surface area contributed by atoms with Gasteiger partial charge in [-0.3, -0.25) is 4.79 Å². The van der Waals surface area contributed by atoms with Crippen LogP contribution in [0.15, 0.2) is 22.7 Å². The molecule has 1 aliphatic heterocycles. The molecule has 1 saturated heterocycles. The highest BCUT2D eigenvalue weighted by Crippen LogP contribution is 2.29. The van der Waals surface area contributed by atoms with Crippen LogP contribution in [0.3, 0.4) is 0 Å². The molecule has 2 unspecified atom stereocenters. The van der Waals surface area contributed by atoms with Crippen LogP contribution < -0.4 is 10.1 Å². The van der Waals surface area contributed by atoms with Crippen molar-refractivity contribution < 1.29 is 14.3 Å².